The van der Waals surface area contributed by atoms with Crippen LogP contribution >= 0.6 is 15.9 Å². The number of carbonyl (C=O) groups excluding carboxylic acids is 1. The van der Waals surface area contributed by atoms with Crippen LogP contribution in [0.3, 0.4) is 0 Å². The van der Waals surface area contributed by atoms with Gasteiger partial charge in [0.2, 0.25) is 6.79 Å². The molecule has 2 rings (SSSR count). The molecule has 0 spiro atoms. The zero-order valence-corrected chi connectivity index (χ0v) is 12.5. The summed E-state index contributed by atoms with van der Waals surface area (Å²) in [6.07, 6.45) is 0. The van der Waals surface area contributed by atoms with Crippen LogP contribution in [-0.2, 0) is 4.74 Å². The third kappa shape index (κ3) is 3.39. The molecule has 1 atom stereocenters. The van der Waals surface area contributed by atoms with Crippen molar-refractivity contribution < 1.29 is 19.0 Å². The zero-order chi connectivity index (χ0) is 13.8. The Hall–Kier alpha value is -1.27. The largest absolute Gasteiger partial charge is 0.454 e. The number of ether oxygens (including phenoxy) is 3. The molecule has 0 fully saturated rings. The van der Waals surface area contributed by atoms with Crippen molar-refractivity contribution in [2.24, 2.45) is 0 Å². The van der Waals surface area contributed by atoms with E-state index >= 15 is 0 Å². The Morgan fingerprint density at radius 2 is 2.21 bits per heavy atom. The SMILES string of the molecule is COCC(Br)CN(C)C(=O)c1ccc2c(c1)OCO2. The van der Waals surface area contributed by atoms with Gasteiger partial charge in [0.25, 0.3) is 5.91 Å². The van der Waals surface area contributed by atoms with Gasteiger partial charge in [0, 0.05) is 26.3 Å². The first-order valence-corrected chi connectivity index (χ1v) is 6.81. The summed E-state index contributed by atoms with van der Waals surface area (Å²) < 4.78 is 15.5. The van der Waals surface area contributed by atoms with Gasteiger partial charge in [0.05, 0.1) is 11.4 Å². The van der Waals surface area contributed by atoms with Gasteiger partial charge in [-0.25, -0.2) is 0 Å². The lowest BCUT2D eigenvalue weighted by Crippen LogP contribution is -2.33. The van der Waals surface area contributed by atoms with Gasteiger partial charge in [-0.05, 0) is 18.2 Å². The van der Waals surface area contributed by atoms with Crippen molar-refractivity contribution in [2.75, 3.05) is 34.1 Å². The first-order chi connectivity index (χ1) is 9.11. The molecule has 1 heterocycles. The molecular formula is C13H16BrNO4. The molecule has 1 aliphatic heterocycles. The number of hydrogen-bond donors (Lipinski definition) is 0. The Labute approximate surface area is 120 Å². The zero-order valence-electron chi connectivity index (χ0n) is 10.9. The van der Waals surface area contributed by atoms with Gasteiger partial charge >= 0.3 is 0 Å². The van der Waals surface area contributed by atoms with E-state index in [0.717, 1.165) is 0 Å². The van der Waals surface area contributed by atoms with Crippen molar-refractivity contribution in [1.29, 1.82) is 0 Å². The molecule has 0 saturated heterocycles. The van der Waals surface area contributed by atoms with E-state index in [1.807, 2.05) is 0 Å². The molecule has 19 heavy (non-hydrogen) atoms. The van der Waals surface area contributed by atoms with E-state index in [2.05, 4.69) is 15.9 Å². The second-order valence-corrected chi connectivity index (χ2v) is 5.60. The average Bonchev–Trinajstić information content (AvgIpc) is 2.85. The number of hydrogen-bond acceptors (Lipinski definition) is 4. The Kier molecular flexibility index (Phi) is 4.66. The molecule has 0 aromatic heterocycles. The Morgan fingerprint density at radius 3 is 2.95 bits per heavy atom. The average molecular weight is 330 g/mol. The van der Waals surface area contributed by atoms with Crippen molar-refractivity contribution in [3.05, 3.63) is 23.8 Å². The van der Waals surface area contributed by atoms with Crippen molar-refractivity contribution in [2.45, 2.75) is 4.83 Å². The summed E-state index contributed by atoms with van der Waals surface area (Å²) in [5.74, 6) is 1.24. The summed E-state index contributed by atoms with van der Waals surface area (Å²) >= 11 is 3.47. The van der Waals surface area contributed by atoms with Crippen LogP contribution in [0, 0.1) is 0 Å². The van der Waals surface area contributed by atoms with Crippen molar-refractivity contribution in [3.63, 3.8) is 0 Å². The first-order valence-electron chi connectivity index (χ1n) is 5.90. The minimum absolute atomic E-state index is 0.0566. The predicted octanol–water partition coefficient (Wildman–Crippen LogP) is 1.90. The predicted molar refractivity (Wildman–Crippen MR) is 74.1 cm³/mol. The first kappa shape index (κ1) is 14.1. The summed E-state index contributed by atoms with van der Waals surface area (Å²) in [6.45, 7) is 1.33. The van der Waals surface area contributed by atoms with Gasteiger partial charge in [-0.3, -0.25) is 4.79 Å². The van der Waals surface area contributed by atoms with Crippen LogP contribution < -0.4 is 9.47 Å². The molecular weight excluding hydrogens is 314 g/mol. The summed E-state index contributed by atoms with van der Waals surface area (Å²) in [6, 6.07) is 5.21. The number of methoxy groups -OCH3 is 1. The molecule has 104 valence electrons. The van der Waals surface area contributed by atoms with Crippen molar-refractivity contribution in [1.82, 2.24) is 4.90 Å². The lowest BCUT2D eigenvalue weighted by Gasteiger charge is -2.20. The lowest BCUT2D eigenvalue weighted by molar-refractivity contribution is 0.0783. The van der Waals surface area contributed by atoms with Gasteiger partial charge in [0.15, 0.2) is 11.5 Å². The van der Waals surface area contributed by atoms with Crippen molar-refractivity contribution >= 4 is 21.8 Å². The fourth-order valence-corrected chi connectivity index (χ4v) is 2.56. The molecule has 0 bridgehead atoms. The number of halogens is 1. The topological polar surface area (TPSA) is 48.0 Å². The maximum Gasteiger partial charge on any atom is 0.253 e. The number of amides is 1. The monoisotopic (exact) mass is 329 g/mol. The highest BCUT2D eigenvalue weighted by Gasteiger charge is 2.19. The maximum absolute atomic E-state index is 12.3. The normalized spacial score (nSPS) is 14.3. The maximum atomic E-state index is 12.3. The van der Waals surface area contributed by atoms with Gasteiger partial charge in [-0.1, -0.05) is 15.9 Å². The van der Waals surface area contributed by atoms with E-state index in [-0.39, 0.29) is 17.5 Å². The molecule has 6 heteroatoms. The summed E-state index contributed by atoms with van der Waals surface area (Å²) in [5, 5.41) is 0. The van der Waals surface area contributed by atoms with Crippen LogP contribution in [0.1, 0.15) is 10.4 Å². The molecule has 1 amide bonds. The minimum Gasteiger partial charge on any atom is -0.454 e. The van der Waals surface area contributed by atoms with E-state index < -0.39 is 0 Å². The fourth-order valence-electron chi connectivity index (χ4n) is 1.86. The molecule has 1 aromatic rings. The van der Waals surface area contributed by atoms with Crippen LogP contribution in [0.25, 0.3) is 0 Å². The summed E-state index contributed by atoms with van der Waals surface area (Å²) in [5.41, 5.74) is 0.587. The standard InChI is InChI=1S/C13H16BrNO4/c1-15(6-10(14)7-17-2)13(16)9-3-4-11-12(5-9)19-8-18-11/h3-5,10H,6-8H2,1-2H3. The summed E-state index contributed by atoms with van der Waals surface area (Å²) in [4.78, 5) is 14.0. The van der Waals surface area contributed by atoms with E-state index in [1.165, 1.54) is 0 Å². The number of nitrogens with zero attached hydrogens (tertiary/aromatic N) is 1. The van der Waals surface area contributed by atoms with Gasteiger partial charge in [-0.2, -0.15) is 0 Å². The highest BCUT2D eigenvalue weighted by molar-refractivity contribution is 9.09. The van der Waals surface area contributed by atoms with E-state index in [0.29, 0.717) is 30.2 Å². The molecule has 1 aliphatic rings. The van der Waals surface area contributed by atoms with Crippen LogP contribution in [0.4, 0.5) is 0 Å². The highest BCUT2D eigenvalue weighted by atomic mass is 79.9. The quantitative estimate of drug-likeness (QED) is 0.774. The van der Waals surface area contributed by atoms with Crippen molar-refractivity contribution in [3.8, 4) is 11.5 Å². The van der Waals surface area contributed by atoms with Crippen LogP contribution in [0.5, 0.6) is 11.5 Å². The Morgan fingerprint density at radius 1 is 1.47 bits per heavy atom. The van der Waals surface area contributed by atoms with Gasteiger partial charge < -0.3 is 19.1 Å². The molecule has 1 aromatic carbocycles. The highest BCUT2D eigenvalue weighted by Crippen LogP contribution is 2.32. The fraction of sp³-hybridized carbons (Fsp3) is 0.462. The lowest BCUT2D eigenvalue weighted by atomic mass is 10.1. The second-order valence-electron chi connectivity index (χ2n) is 4.31. The van der Waals surface area contributed by atoms with Gasteiger partial charge in [-0.15, -0.1) is 0 Å². The van der Waals surface area contributed by atoms with E-state index in [9.17, 15) is 4.79 Å². The van der Waals surface area contributed by atoms with Crippen LogP contribution in [0.2, 0.25) is 0 Å². The third-order valence-electron chi connectivity index (χ3n) is 2.79. The minimum atomic E-state index is -0.0566. The Balaban J connectivity index is 2.02. The molecule has 1 unspecified atom stereocenters. The second kappa shape index (κ2) is 6.25. The molecule has 0 aliphatic carbocycles. The van der Waals surface area contributed by atoms with Gasteiger partial charge in [0.1, 0.15) is 0 Å². The third-order valence-corrected chi connectivity index (χ3v) is 3.34. The van der Waals surface area contributed by atoms with Crippen LogP contribution in [0.15, 0.2) is 18.2 Å². The number of carbonyl (C=O) groups is 1. The van der Waals surface area contributed by atoms with E-state index in [4.69, 9.17) is 14.2 Å². The number of rotatable bonds is 5. The Bertz CT molecular complexity index is 466. The molecule has 5 nitrogen and oxygen atoms in total. The van der Waals surface area contributed by atoms with E-state index in [1.54, 1.807) is 37.3 Å². The number of alkyl halides is 1. The number of benzene rings is 1. The molecule has 0 radical (unpaired) electrons. The molecule has 0 saturated carbocycles. The summed E-state index contributed by atoms with van der Waals surface area (Å²) in [7, 11) is 3.39. The smallest absolute Gasteiger partial charge is 0.253 e. The number of fused-ring (bicyclic) bond motifs is 1. The van der Waals surface area contributed by atoms with Crippen LogP contribution in [-0.4, -0.2) is 49.7 Å². The molecule has 0 N–H and O–H groups in total.